The van der Waals surface area contributed by atoms with E-state index in [9.17, 15) is 4.79 Å². The maximum atomic E-state index is 11.8. The highest BCUT2D eigenvalue weighted by Crippen LogP contribution is 2.20. The summed E-state index contributed by atoms with van der Waals surface area (Å²) in [4.78, 5) is 11.8. The summed E-state index contributed by atoms with van der Waals surface area (Å²) in [7, 11) is 1.53. The molecule has 3 heteroatoms. The van der Waals surface area contributed by atoms with Crippen LogP contribution in [-0.2, 0) is 0 Å². The van der Waals surface area contributed by atoms with Crippen LogP contribution in [0.5, 0.6) is 5.75 Å². The summed E-state index contributed by atoms with van der Waals surface area (Å²) in [6, 6.07) is 9.09. The molecule has 0 aromatic heterocycles. The molecule has 0 aliphatic rings. The minimum atomic E-state index is -0.262. The van der Waals surface area contributed by atoms with E-state index in [1.807, 2.05) is 12.1 Å². The minimum absolute atomic E-state index is 0.0542. The van der Waals surface area contributed by atoms with Crippen molar-refractivity contribution in [1.29, 1.82) is 5.26 Å². The molecule has 0 spiro atoms. The van der Waals surface area contributed by atoms with E-state index in [0.29, 0.717) is 11.3 Å². The summed E-state index contributed by atoms with van der Waals surface area (Å²) in [5.74, 6) is 0.247. The number of para-hydroxylation sites is 1. The Hall–Kier alpha value is -1.82. The molecule has 1 atom stereocenters. The second kappa shape index (κ2) is 5.16. The number of methoxy groups -OCH3 is 1. The molecule has 0 saturated heterocycles. The molecular weight excluding hydrogens is 190 g/mol. The van der Waals surface area contributed by atoms with Crippen molar-refractivity contribution in [3.8, 4) is 11.8 Å². The van der Waals surface area contributed by atoms with Gasteiger partial charge in [-0.1, -0.05) is 12.1 Å². The first kappa shape index (κ1) is 11.3. The van der Waals surface area contributed by atoms with Crippen LogP contribution in [0.2, 0.25) is 0 Å². The molecule has 0 saturated carbocycles. The lowest BCUT2D eigenvalue weighted by Gasteiger charge is -2.07. The Morgan fingerprint density at radius 3 is 2.80 bits per heavy atom. The maximum absolute atomic E-state index is 11.8. The molecular formula is C12H13NO2. The van der Waals surface area contributed by atoms with Crippen LogP contribution >= 0.6 is 0 Å². The predicted molar refractivity (Wildman–Crippen MR) is 56.7 cm³/mol. The minimum Gasteiger partial charge on any atom is -0.496 e. The number of nitriles is 1. The van der Waals surface area contributed by atoms with E-state index in [0.717, 1.165) is 0 Å². The zero-order valence-corrected chi connectivity index (χ0v) is 8.86. The van der Waals surface area contributed by atoms with Gasteiger partial charge in [-0.05, 0) is 19.1 Å². The molecule has 1 rings (SSSR count). The molecule has 78 valence electrons. The van der Waals surface area contributed by atoms with Gasteiger partial charge in [0.1, 0.15) is 5.75 Å². The van der Waals surface area contributed by atoms with Gasteiger partial charge in [-0.2, -0.15) is 5.26 Å². The van der Waals surface area contributed by atoms with Crippen LogP contribution in [0, 0.1) is 17.2 Å². The van der Waals surface area contributed by atoms with E-state index in [2.05, 4.69) is 0 Å². The Bertz CT molecular complexity index is 393. The number of ether oxygens (including phenoxy) is 1. The molecule has 15 heavy (non-hydrogen) atoms. The van der Waals surface area contributed by atoms with Crippen molar-refractivity contribution in [3.05, 3.63) is 29.8 Å². The quantitative estimate of drug-likeness (QED) is 0.706. The van der Waals surface area contributed by atoms with Gasteiger partial charge in [0.25, 0.3) is 0 Å². The lowest BCUT2D eigenvalue weighted by atomic mass is 10.0. The van der Waals surface area contributed by atoms with E-state index in [1.165, 1.54) is 7.11 Å². The molecule has 3 nitrogen and oxygen atoms in total. The monoisotopic (exact) mass is 203 g/mol. The summed E-state index contributed by atoms with van der Waals surface area (Å²) in [6.07, 6.45) is 0.233. The number of nitrogens with zero attached hydrogens (tertiary/aromatic N) is 1. The molecule has 0 radical (unpaired) electrons. The first-order valence-corrected chi connectivity index (χ1v) is 4.75. The van der Waals surface area contributed by atoms with Crippen molar-refractivity contribution < 1.29 is 9.53 Å². The van der Waals surface area contributed by atoms with Gasteiger partial charge < -0.3 is 4.74 Å². The second-order valence-electron chi connectivity index (χ2n) is 3.36. The first-order valence-electron chi connectivity index (χ1n) is 4.75. The van der Waals surface area contributed by atoms with Crippen LogP contribution in [0.3, 0.4) is 0 Å². The molecule has 0 heterocycles. The maximum Gasteiger partial charge on any atom is 0.167 e. The van der Waals surface area contributed by atoms with Crippen molar-refractivity contribution in [2.45, 2.75) is 13.3 Å². The Balaban J connectivity index is 2.87. The number of carbonyl (C=O) groups is 1. The molecule has 0 bridgehead atoms. The molecule has 1 aromatic carbocycles. The van der Waals surface area contributed by atoms with Crippen molar-refractivity contribution >= 4 is 5.78 Å². The summed E-state index contributed by atoms with van der Waals surface area (Å²) in [5, 5.41) is 8.62. The molecule has 0 amide bonds. The molecule has 0 aliphatic heterocycles. The lowest BCUT2D eigenvalue weighted by molar-refractivity contribution is 0.0970. The molecule has 1 aromatic rings. The predicted octanol–water partition coefficient (Wildman–Crippen LogP) is 2.43. The summed E-state index contributed by atoms with van der Waals surface area (Å²) in [5.41, 5.74) is 0.544. The van der Waals surface area contributed by atoms with Crippen LogP contribution in [0.25, 0.3) is 0 Å². The second-order valence-corrected chi connectivity index (χ2v) is 3.36. The van der Waals surface area contributed by atoms with Gasteiger partial charge in [0.15, 0.2) is 5.78 Å². The highest BCUT2D eigenvalue weighted by molar-refractivity contribution is 5.98. The van der Waals surface area contributed by atoms with Gasteiger partial charge in [-0.25, -0.2) is 0 Å². The number of carbonyl (C=O) groups excluding carboxylic acids is 1. The standard InChI is InChI=1S/C12H13NO2/c1-9(8-13)7-11(14)10-5-3-4-6-12(10)15-2/h3-6,9H,7H2,1-2H3. The van der Waals surface area contributed by atoms with Crippen molar-refractivity contribution in [3.63, 3.8) is 0 Å². The summed E-state index contributed by atoms with van der Waals surface area (Å²) >= 11 is 0. The number of hydrogen-bond donors (Lipinski definition) is 0. The molecule has 0 fully saturated rings. The fourth-order valence-corrected chi connectivity index (χ4v) is 1.31. The highest BCUT2D eigenvalue weighted by atomic mass is 16.5. The largest absolute Gasteiger partial charge is 0.496 e. The normalized spacial score (nSPS) is 11.5. The summed E-state index contributed by atoms with van der Waals surface area (Å²) < 4.78 is 5.08. The van der Waals surface area contributed by atoms with Gasteiger partial charge in [0.05, 0.1) is 24.7 Å². The SMILES string of the molecule is COc1ccccc1C(=O)CC(C)C#N. The topological polar surface area (TPSA) is 50.1 Å². The van der Waals surface area contributed by atoms with Crippen LogP contribution in [0.15, 0.2) is 24.3 Å². The average Bonchev–Trinajstić information content (AvgIpc) is 2.28. The Labute approximate surface area is 89.3 Å². The third-order valence-electron chi connectivity index (χ3n) is 2.12. The fourth-order valence-electron chi connectivity index (χ4n) is 1.31. The zero-order chi connectivity index (χ0) is 11.3. The van der Waals surface area contributed by atoms with Crippen LogP contribution in [-0.4, -0.2) is 12.9 Å². The van der Waals surface area contributed by atoms with E-state index in [4.69, 9.17) is 10.00 Å². The number of rotatable bonds is 4. The zero-order valence-electron chi connectivity index (χ0n) is 8.86. The lowest BCUT2D eigenvalue weighted by Crippen LogP contribution is -2.06. The Kier molecular flexibility index (Phi) is 3.87. The fraction of sp³-hybridized carbons (Fsp3) is 0.333. The van der Waals surface area contributed by atoms with Gasteiger partial charge >= 0.3 is 0 Å². The number of ketones is 1. The third-order valence-corrected chi connectivity index (χ3v) is 2.12. The van der Waals surface area contributed by atoms with Crippen LogP contribution in [0.4, 0.5) is 0 Å². The Morgan fingerprint density at radius 2 is 2.20 bits per heavy atom. The van der Waals surface area contributed by atoms with Gasteiger partial charge in [0, 0.05) is 6.42 Å². The van der Waals surface area contributed by atoms with Crippen molar-refractivity contribution in [2.75, 3.05) is 7.11 Å². The van der Waals surface area contributed by atoms with Gasteiger partial charge in [-0.3, -0.25) is 4.79 Å². The first-order chi connectivity index (χ1) is 7.19. The van der Waals surface area contributed by atoms with Crippen molar-refractivity contribution in [1.82, 2.24) is 0 Å². The van der Waals surface area contributed by atoms with Crippen LogP contribution in [0.1, 0.15) is 23.7 Å². The van der Waals surface area contributed by atoms with Gasteiger partial charge in [-0.15, -0.1) is 0 Å². The number of benzene rings is 1. The van der Waals surface area contributed by atoms with Gasteiger partial charge in [0.2, 0.25) is 0 Å². The molecule has 0 aliphatic carbocycles. The number of hydrogen-bond acceptors (Lipinski definition) is 3. The summed E-state index contributed by atoms with van der Waals surface area (Å²) in [6.45, 7) is 1.73. The Morgan fingerprint density at radius 1 is 1.53 bits per heavy atom. The van der Waals surface area contributed by atoms with E-state index in [1.54, 1.807) is 25.1 Å². The molecule has 0 N–H and O–H groups in total. The molecule has 1 unspecified atom stereocenters. The van der Waals surface area contributed by atoms with E-state index >= 15 is 0 Å². The van der Waals surface area contributed by atoms with Crippen molar-refractivity contribution in [2.24, 2.45) is 5.92 Å². The van der Waals surface area contributed by atoms with E-state index < -0.39 is 0 Å². The highest BCUT2D eigenvalue weighted by Gasteiger charge is 2.14. The smallest absolute Gasteiger partial charge is 0.167 e. The third kappa shape index (κ3) is 2.81. The average molecular weight is 203 g/mol. The van der Waals surface area contributed by atoms with E-state index in [-0.39, 0.29) is 18.1 Å². The van der Waals surface area contributed by atoms with Crippen LogP contribution < -0.4 is 4.74 Å². The number of Topliss-reactive ketones (excluding diaryl/α,β-unsaturated/α-hetero) is 1.